The van der Waals surface area contributed by atoms with Crippen molar-refractivity contribution >= 4 is 17.9 Å². The molecule has 2 unspecified atom stereocenters. The van der Waals surface area contributed by atoms with Gasteiger partial charge in [0.25, 0.3) is 5.91 Å². The van der Waals surface area contributed by atoms with E-state index in [9.17, 15) is 9.59 Å². The number of aliphatic imine (C=N–C) groups is 1. The first kappa shape index (κ1) is 18.3. The van der Waals surface area contributed by atoms with Crippen LogP contribution in [0.4, 0.5) is 4.79 Å². The third-order valence-corrected chi connectivity index (χ3v) is 5.49. The molecule has 0 aromatic heterocycles. The van der Waals surface area contributed by atoms with Crippen molar-refractivity contribution in [2.45, 2.75) is 32.5 Å². The van der Waals surface area contributed by atoms with E-state index in [1.807, 2.05) is 55.3 Å². The van der Waals surface area contributed by atoms with E-state index in [1.165, 1.54) is 10.5 Å². The SMILES string of the molecule is C/C=C/CN1C(=O)C2C(N=C3N(CCc4ccccc4)C(C)=CN32)N(C)C1=O. The third kappa shape index (κ3) is 2.87. The Balaban J connectivity index is 1.56. The minimum absolute atomic E-state index is 0.195. The van der Waals surface area contributed by atoms with Gasteiger partial charge in [0.05, 0.1) is 0 Å². The highest BCUT2D eigenvalue weighted by atomic mass is 16.2. The van der Waals surface area contributed by atoms with E-state index >= 15 is 0 Å². The minimum Gasteiger partial charge on any atom is -0.314 e. The summed E-state index contributed by atoms with van der Waals surface area (Å²) in [5.41, 5.74) is 2.31. The van der Waals surface area contributed by atoms with Crippen LogP contribution < -0.4 is 0 Å². The fourth-order valence-corrected chi connectivity index (χ4v) is 3.94. The molecule has 1 fully saturated rings. The van der Waals surface area contributed by atoms with E-state index in [-0.39, 0.29) is 18.5 Å². The van der Waals surface area contributed by atoms with Crippen molar-refractivity contribution in [3.8, 4) is 0 Å². The van der Waals surface area contributed by atoms with Crippen molar-refractivity contribution in [3.63, 3.8) is 0 Å². The lowest BCUT2D eigenvalue weighted by atomic mass is 10.1. The molecule has 0 spiro atoms. The third-order valence-electron chi connectivity index (χ3n) is 5.49. The molecular weight excluding hydrogens is 354 g/mol. The summed E-state index contributed by atoms with van der Waals surface area (Å²) in [6, 6.07) is 9.50. The maximum absolute atomic E-state index is 13.1. The molecule has 4 rings (SSSR count). The summed E-state index contributed by atoms with van der Waals surface area (Å²) >= 11 is 0. The number of benzene rings is 1. The number of carbonyl (C=O) groups is 2. The van der Waals surface area contributed by atoms with Crippen LogP contribution in [-0.2, 0) is 11.2 Å². The van der Waals surface area contributed by atoms with Crippen LogP contribution in [0.15, 0.2) is 59.4 Å². The van der Waals surface area contributed by atoms with Crippen LogP contribution in [0.1, 0.15) is 19.4 Å². The highest BCUT2D eigenvalue weighted by Crippen LogP contribution is 2.33. The molecule has 3 heterocycles. The summed E-state index contributed by atoms with van der Waals surface area (Å²) in [6.45, 7) is 4.96. The summed E-state index contributed by atoms with van der Waals surface area (Å²) in [7, 11) is 1.71. The molecule has 0 saturated carbocycles. The predicted molar refractivity (Wildman–Crippen MR) is 107 cm³/mol. The molecule has 3 aliphatic heterocycles. The standard InChI is InChI=1S/C21H25N5O2/c1-4-5-12-25-19(27)17-18(23(3)21(25)28)22-20-24(15(2)14-26(17)20)13-11-16-9-7-6-8-10-16/h4-10,14,17-18H,11-13H2,1-3H3/b5-4+. The molecule has 0 radical (unpaired) electrons. The maximum atomic E-state index is 13.1. The first-order chi connectivity index (χ1) is 13.5. The molecule has 28 heavy (non-hydrogen) atoms. The van der Waals surface area contributed by atoms with Gasteiger partial charge in [-0.1, -0.05) is 42.5 Å². The second kappa shape index (κ2) is 7.14. The van der Waals surface area contributed by atoms with Crippen LogP contribution in [0.3, 0.4) is 0 Å². The Morgan fingerprint density at radius 1 is 1.14 bits per heavy atom. The highest BCUT2D eigenvalue weighted by Gasteiger charge is 2.53. The average Bonchev–Trinajstić information content (AvgIpc) is 3.20. The van der Waals surface area contributed by atoms with Crippen LogP contribution in [0.5, 0.6) is 0 Å². The van der Waals surface area contributed by atoms with Crippen LogP contribution in [0.25, 0.3) is 0 Å². The monoisotopic (exact) mass is 379 g/mol. The Bertz CT molecular complexity index is 876. The Morgan fingerprint density at radius 3 is 2.61 bits per heavy atom. The number of nitrogens with zero attached hydrogens (tertiary/aromatic N) is 5. The molecule has 1 saturated heterocycles. The zero-order chi connectivity index (χ0) is 19.8. The fourth-order valence-electron chi connectivity index (χ4n) is 3.94. The number of allylic oxidation sites excluding steroid dienone is 2. The minimum atomic E-state index is -0.500. The summed E-state index contributed by atoms with van der Waals surface area (Å²) in [6.07, 6.45) is 6.03. The Labute approximate surface area is 165 Å². The van der Waals surface area contributed by atoms with Crippen LogP contribution in [0, 0.1) is 0 Å². The normalized spacial score (nSPS) is 24.1. The van der Waals surface area contributed by atoms with Crippen LogP contribution in [0.2, 0.25) is 0 Å². The van der Waals surface area contributed by atoms with Crippen LogP contribution in [-0.4, -0.2) is 69.8 Å². The average molecular weight is 379 g/mol. The van der Waals surface area contributed by atoms with Gasteiger partial charge in [0.2, 0.25) is 5.96 Å². The van der Waals surface area contributed by atoms with Gasteiger partial charge in [0, 0.05) is 32.0 Å². The molecule has 0 bridgehead atoms. The fraction of sp³-hybridized carbons (Fsp3) is 0.381. The molecule has 0 aliphatic carbocycles. The van der Waals surface area contributed by atoms with E-state index in [0.29, 0.717) is 0 Å². The number of rotatable bonds is 5. The molecule has 3 amide bonds. The Morgan fingerprint density at radius 2 is 1.89 bits per heavy atom. The van der Waals surface area contributed by atoms with Gasteiger partial charge in [-0.15, -0.1) is 0 Å². The zero-order valence-electron chi connectivity index (χ0n) is 16.4. The van der Waals surface area contributed by atoms with Crippen molar-refractivity contribution in [2.75, 3.05) is 20.1 Å². The number of hydrogen-bond donors (Lipinski definition) is 0. The summed E-state index contributed by atoms with van der Waals surface area (Å²) in [5.74, 6) is 0.559. The van der Waals surface area contributed by atoms with Gasteiger partial charge in [-0.3, -0.25) is 9.69 Å². The number of guanidine groups is 1. The smallest absolute Gasteiger partial charge is 0.314 e. The molecule has 146 valence electrons. The summed E-state index contributed by atoms with van der Waals surface area (Å²) < 4.78 is 0. The summed E-state index contributed by atoms with van der Waals surface area (Å²) in [4.78, 5) is 37.4. The van der Waals surface area contributed by atoms with Gasteiger partial charge in [-0.25, -0.2) is 9.79 Å². The molecule has 0 N–H and O–H groups in total. The molecule has 1 aromatic rings. The lowest BCUT2D eigenvalue weighted by Crippen LogP contribution is -2.64. The number of carbonyl (C=O) groups excluding carboxylic acids is 2. The lowest BCUT2D eigenvalue weighted by Gasteiger charge is -2.39. The number of imide groups is 1. The summed E-state index contributed by atoms with van der Waals surface area (Å²) in [5, 5.41) is 0. The maximum Gasteiger partial charge on any atom is 0.328 e. The van der Waals surface area contributed by atoms with Gasteiger partial charge < -0.3 is 14.7 Å². The predicted octanol–water partition coefficient (Wildman–Crippen LogP) is 2.24. The van der Waals surface area contributed by atoms with Crippen LogP contribution >= 0.6 is 0 Å². The second-order valence-electron chi connectivity index (χ2n) is 7.26. The van der Waals surface area contributed by atoms with E-state index in [1.54, 1.807) is 11.9 Å². The molecule has 2 atom stereocenters. The molecular formula is C21H25N5O2. The quantitative estimate of drug-likeness (QED) is 0.737. The van der Waals surface area contributed by atoms with Gasteiger partial charge in [0.1, 0.15) is 0 Å². The Kier molecular flexibility index (Phi) is 4.66. The van der Waals surface area contributed by atoms with Gasteiger partial charge in [0.15, 0.2) is 12.2 Å². The first-order valence-electron chi connectivity index (χ1n) is 9.58. The van der Waals surface area contributed by atoms with E-state index in [2.05, 4.69) is 17.0 Å². The first-order valence-corrected chi connectivity index (χ1v) is 9.58. The largest absolute Gasteiger partial charge is 0.328 e. The van der Waals surface area contributed by atoms with Gasteiger partial charge in [-0.05, 0) is 25.8 Å². The van der Waals surface area contributed by atoms with Gasteiger partial charge in [-0.2, -0.15) is 0 Å². The van der Waals surface area contributed by atoms with E-state index < -0.39 is 12.2 Å². The van der Waals surface area contributed by atoms with Crippen molar-refractivity contribution in [1.29, 1.82) is 0 Å². The van der Waals surface area contributed by atoms with Gasteiger partial charge >= 0.3 is 6.03 Å². The number of hydrogen-bond acceptors (Lipinski definition) is 5. The van der Waals surface area contributed by atoms with E-state index in [0.717, 1.165) is 24.6 Å². The molecule has 3 aliphatic rings. The second-order valence-corrected chi connectivity index (χ2v) is 7.26. The topological polar surface area (TPSA) is 59.5 Å². The number of urea groups is 1. The van der Waals surface area contributed by atoms with Crippen molar-refractivity contribution in [3.05, 3.63) is 59.9 Å². The molecule has 7 nitrogen and oxygen atoms in total. The number of fused-ring (bicyclic) bond motifs is 3. The van der Waals surface area contributed by atoms with Crippen molar-refractivity contribution in [2.24, 2.45) is 4.99 Å². The van der Waals surface area contributed by atoms with Crippen molar-refractivity contribution < 1.29 is 9.59 Å². The number of amides is 3. The zero-order valence-corrected chi connectivity index (χ0v) is 16.4. The lowest BCUT2D eigenvalue weighted by molar-refractivity contribution is -0.136. The highest BCUT2D eigenvalue weighted by molar-refractivity contribution is 6.04. The van der Waals surface area contributed by atoms with Crippen molar-refractivity contribution in [1.82, 2.24) is 19.6 Å². The number of likely N-dealkylation sites (N-methyl/N-ethyl adjacent to an activating group) is 1. The molecule has 1 aromatic carbocycles. The van der Waals surface area contributed by atoms with E-state index in [4.69, 9.17) is 4.99 Å². The Hall–Kier alpha value is -3.09. The molecule has 7 heteroatoms.